The van der Waals surface area contributed by atoms with E-state index in [4.69, 9.17) is 0 Å². The van der Waals surface area contributed by atoms with Gasteiger partial charge in [-0.2, -0.15) is 0 Å². The topological polar surface area (TPSA) is 54.9 Å². The number of nitrogens with one attached hydrogen (secondary N) is 1. The third kappa shape index (κ3) is 2.60. The summed E-state index contributed by atoms with van der Waals surface area (Å²) in [5, 5.41) is 2.84. The number of hydrogen-bond acceptors (Lipinski definition) is 3. The van der Waals surface area contributed by atoms with E-state index in [0.29, 0.717) is 11.4 Å². The molecule has 3 rings (SSSR count). The predicted molar refractivity (Wildman–Crippen MR) is 83.4 cm³/mol. The number of aromatic nitrogens is 2. The van der Waals surface area contributed by atoms with Gasteiger partial charge in [-0.1, -0.05) is 30.3 Å². The van der Waals surface area contributed by atoms with Crippen molar-refractivity contribution in [1.82, 2.24) is 9.97 Å². The molecule has 4 heteroatoms. The Morgan fingerprint density at radius 2 is 1.71 bits per heavy atom. The highest BCUT2D eigenvalue weighted by Gasteiger charge is 2.14. The maximum absolute atomic E-state index is 12.3. The molecule has 1 heterocycles. The molecule has 0 saturated carbocycles. The van der Waals surface area contributed by atoms with Crippen molar-refractivity contribution in [1.29, 1.82) is 0 Å². The maximum atomic E-state index is 12.3. The Morgan fingerprint density at radius 3 is 2.48 bits per heavy atom. The summed E-state index contributed by atoms with van der Waals surface area (Å²) < 4.78 is 0. The average molecular weight is 277 g/mol. The lowest BCUT2D eigenvalue weighted by Crippen LogP contribution is -2.16. The number of rotatable bonds is 2. The Hall–Kier alpha value is -2.75. The second-order valence-corrected chi connectivity index (χ2v) is 4.92. The zero-order valence-corrected chi connectivity index (χ0v) is 11.9. The number of nitrogens with zero attached hydrogens (tertiary/aromatic N) is 2. The molecule has 0 aliphatic rings. The van der Waals surface area contributed by atoms with Crippen LogP contribution in [0.15, 0.2) is 48.5 Å². The van der Waals surface area contributed by atoms with E-state index in [2.05, 4.69) is 15.3 Å². The van der Waals surface area contributed by atoms with Crippen LogP contribution < -0.4 is 5.32 Å². The molecule has 0 aliphatic heterocycles. The summed E-state index contributed by atoms with van der Waals surface area (Å²) in [6.07, 6.45) is 0. The minimum Gasteiger partial charge on any atom is -0.321 e. The molecule has 0 aliphatic carbocycles. The van der Waals surface area contributed by atoms with E-state index in [9.17, 15) is 4.79 Å². The van der Waals surface area contributed by atoms with E-state index in [1.54, 1.807) is 6.92 Å². The van der Waals surface area contributed by atoms with E-state index in [1.807, 2.05) is 55.5 Å². The predicted octanol–water partition coefficient (Wildman–Crippen LogP) is 3.50. The molecule has 0 fully saturated rings. The lowest BCUT2D eigenvalue weighted by atomic mass is 10.2. The molecule has 1 N–H and O–H groups in total. The van der Waals surface area contributed by atoms with Crippen molar-refractivity contribution < 1.29 is 4.79 Å². The summed E-state index contributed by atoms with van der Waals surface area (Å²) in [7, 11) is 0. The number of amides is 1. The number of anilines is 1. The van der Waals surface area contributed by atoms with E-state index < -0.39 is 0 Å². The molecule has 0 radical (unpaired) electrons. The molecule has 2 aromatic carbocycles. The summed E-state index contributed by atoms with van der Waals surface area (Å²) in [5.41, 5.74) is 4.36. The molecule has 1 amide bonds. The highest BCUT2D eigenvalue weighted by Crippen LogP contribution is 2.17. The van der Waals surface area contributed by atoms with E-state index >= 15 is 0 Å². The quantitative estimate of drug-likeness (QED) is 0.780. The smallest absolute Gasteiger partial charge is 0.276 e. The lowest BCUT2D eigenvalue weighted by Gasteiger charge is -2.08. The Balaban J connectivity index is 2.00. The van der Waals surface area contributed by atoms with Crippen LogP contribution >= 0.6 is 0 Å². The minimum absolute atomic E-state index is 0.241. The van der Waals surface area contributed by atoms with Gasteiger partial charge in [-0.05, 0) is 37.6 Å². The Kier molecular flexibility index (Phi) is 3.36. The molecule has 4 nitrogen and oxygen atoms in total. The fourth-order valence-electron chi connectivity index (χ4n) is 2.23. The second-order valence-electron chi connectivity index (χ2n) is 4.92. The Bertz CT molecular complexity index is 813. The van der Waals surface area contributed by atoms with Crippen molar-refractivity contribution in [2.75, 3.05) is 5.32 Å². The molecule has 0 bridgehead atoms. The van der Waals surface area contributed by atoms with Gasteiger partial charge in [0.05, 0.1) is 16.7 Å². The first kappa shape index (κ1) is 13.2. The first-order valence-electron chi connectivity index (χ1n) is 6.75. The standard InChI is InChI=1S/C17H15N3O/c1-11-7-6-10-14-15(11)18-12(2)16(20-14)17(21)19-13-8-4-3-5-9-13/h3-10H,1-2H3,(H,19,21). The van der Waals surface area contributed by atoms with Gasteiger partial charge in [-0.3, -0.25) is 4.79 Å². The zero-order valence-electron chi connectivity index (χ0n) is 11.9. The van der Waals surface area contributed by atoms with Crippen LogP contribution in [0.4, 0.5) is 5.69 Å². The van der Waals surface area contributed by atoms with Crippen LogP contribution in [0.25, 0.3) is 11.0 Å². The summed E-state index contributed by atoms with van der Waals surface area (Å²) in [6.45, 7) is 3.79. The van der Waals surface area contributed by atoms with Crippen molar-refractivity contribution in [2.45, 2.75) is 13.8 Å². The lowest BCUT2D eigenvalue weighted by molar-refractivity contribution is 0.102. The van der Waals surface area contributed by atoms with E-state index in [-0.39, 0.29) is 5.91 Å². The second kappa shape index (κ2) is 5.32. The molecule has 0 saturated heterocycles. The van der Waals surface area contributed by atoms with Gasteiger partial charge in [0.2, 0.25) is 0 Å². The van der Waals surface area contributed by atoms with Crippen molar-refractivity contribution in [2.24, 2.45) is 0 Å². The molecule has 1 aromatic heterocycles. The molecule has 0 unspecified atom stereocenters. The van der Waals surface area contributed by atoms with Crippen molar-refractivity contribution in [3.05, 3.63) is 65.5 Å². The molecule has 3 aromatic rings. The third-order valence-electron chi connectivity index (χ3n) is 3.32. The van der Waals surface area contributed by atoms with Gasteiger partial charge in [0.15, 0.2) is 0 Å². The largest absolute Gasteiger partial charge is 0.321 e. The van der Waals surface area contributed by atoms with Crippen LogP contribution in [0.2, 0.25) is 0 Å². The van der Waals surface area contributed by atoms with Crippen molar-refractivity contribution in [3.8, 4) is 0 Å². The van der Waals surface area contributed by atoms with Crippen LogP contribution in [0.3, 0.4) is 0 Å². The average Bonchev–Trinajstić information content (AvgIpc) is 2.48. The summed E-state index contributed by atoms with van der Waals surface area (Å²) in [4.78, 5) is 21.3. The van der Waals surface area contributed by atoms with Crippen LogP contribution in [0, 0.1) is 13.8 Å². The Labute approximate surface area is 122 Å². The highest BCUT2D eigenvalue weighted by molar-refractivity contribution is 6.04. The van der Waals surface area contributed by atoms with E-state index in [1.165, 1.54) is 0 Å². The van der Waals surface area contributed by atoms with Gasteiger partial charge in [0, 0.05) is 5.69 Å². The van der Waals surface area contributed by atoms with Crippen LogP contribution in [-0.2, 0) is 0 Å². The van der Waals surface area contributed by atoms with Gasteiger partial charge in [-0.25, -0.2) is 9.97 Å². The number of carbonyl (C=O) groups excluding carboxylic acids is 1. The summed E-state index contributed by atoms with van der Waals surface area (Å²) in [5.74, 6) is -0.241. The van der Waals surface area contributed by atoms with Crippen LogP contribution in [-0.4, -0.2) is 15.9 Å². The number of fused-ring (bicyclic) bond motifs is 1. The fourth-order valence-corrected chi connectivity index (χ4v) is 2.23. The molecular formula is C17H15N3O. The maximum Gasteiger partial charge on any atom is 0.276 e. The first-order chi connectivity index (χ1) is 10.1. The number of benzene rings is 2. The fraction of sp³-hybridized carbons (Fsp3) is 0.118. The molecular weight excluding hydrogens is 262 g/mol. The summed E-state index contributed by atoms with van der Waals surface area (Å²) >= 11 is 0. The van der Waals surface area contributed by atoms with Crippen LogP contribution in [0.1, 0.15) is 21.7 Å². The highest BCUT2D eigenvalue weighted by atomic mass is 16.1. The summed E-state index contributed by atoms with van der Waals surface area (Å²) in [6, 6.07) is 15.1. The Morgan fingerprint density at radius 1 is 0.952 bits per heavy atom. The van der Waals surface area contributed by atoms with Gasteiger partial charge in [-0.15, -0.1) is 0 Å². The van der Waals surface area contributed by atoms with Crippen molar-refractivity contribution in [3.63, 3.8) is 0 Å². The normalized spacial score (nSPS) is 10.6. The van der Waals surface area contributed by atoms with Crippen LogP contribution in [0.5, 0.6) is 0 Å². The van der Waals surface area contributed by atoms with Gasteiger partial charge in [0.25, 0.3) is 5.91 Å². The zero-order chi connectivity index (χ0) is 14.8. The molecule has 0 atom stereocenters. The molecule has 0 spiro atoms. The van der Waals surface area contributed by atoms with Gasteiger partial charge < -0.3 is 5.32 Å². The van der Waals surface area contributed by atoms with Gasteiger partial charge >= 0.3 is 0 Å². The number of carbonyl (C=O) groups is 1. The SMILES string of the molecule is Cc1nc2c(C)cccc2nc1C(=O)Nc1ccccc1. The number of aryl methyl sites for hydroxylation is 2. The molecule has 104 valence electrons. The minimum atomic E-state index is -0.241. The molecule has 21 heavy (non-hydrogen) atoms. The number of hydrogen-bond donors (Lipinski definition) is 1. The van der Waals surface area contributed by atoms with Gasteiger partial charge in [0.1, 0.15) is 5.69 Å². The number of para-hydroxylation sites is 2. The first-order valence-corrected chi connectivity index (χ1v) is 6.75. The van der Waals surface area contributed by atoms with E-state index in [0.717, 1.165) is 22.3 Å². The monoisotopic (exact) mass is 277 g/mol. The van der Waals surface area contributed by atoms with Crippen molar-refractivity contribution >= 4 is 22.6 Å². The third-order valence-corrected chi connectivity index (χ3v) is 3.32.